The average molecular weight is 264 g/mol. The maximum Gasteiger partial charge on any atom is 0.189 e. The first-order valence-electron chi connectivity index (χ1n) is 7.13. The van der Waals surface area contributed by atoms with Crippen molar-refractivity contribution in [2.45, 2.75) is 32.7 Å². The van der Waals surface area contributed by atoms with Crippen LogP contribution in [0.1, 0.15) is 25.8 Å². The Labute approximate surface area is 114 Å². The SMILES string of the molecule is CCN(CC)[SiH](CCCc1ccccc1)N(C)C. The van der Waals surface area contributed by atoms with Gasteiger partial charge in [-0.15, -0.1) is 0 Å². The third-order valence-electron chi connectivity index (χ3n) is 3.60. The van der Waals surface area contributed by atoms with Crippen molar-refractivity contribution >= 4 is 9.12 Å². The molecule has 0 N–H and O–H groups in total. The van der Waals surface area contributed by atoms with Gasteiger partial charge < -0.3 is 9.13 Å². The molecule has 0 heterocycles. The predicted molar refractivity (Wildman–Crippen MR) is 83.3 cm³/mol. The minimum Gasteiger partial charge on any atom is -0.320 e. The fraction of sp³-hybridized carbons (Fsp3) is 0.600. The molecule has 18 heavy (non-hydrogen) atoms. The molecule has 0 bridgehead atoms. The minimum absolute atomic E-state index is 0.897. The standard InChI is InChI=1S/C15H28N2Si/c1-5-17(6-2)18(16(3)4)14-10-13-15-11-8-7-9-12-15/h7-9,11-12,18H,5-6,10,13-14H2,1-4H3. The molecule has 0 saturated carbocycles. The van der Waals surface area contributed by atoms with Crippen LogP contribution in [-0.4, -0.2) is 45.4 Å². The smallest absolute Gasteiger partial charge is 0.189 e. The van der Waals surface area contributed by atoms with Gasteiger partial charge in [-0.3, -0.25) is 0 Å². The van der Waals surface area contributed by atoms with Gasteiger partial charge in [0, 0.05) is 0 Å². The Kier molecular flexibility index (Phi) is 7.24. The van der Waals surface area contributed by atoms with Crippen molar-refractivity contribution in [2.75, 3.05) is 27.2 Å². The number of hydrogen-bond acceptors (Lipinski definition) is 2. The zero-order valence-electron chi connectivity index (χ0n) is 12.4. The van der Waals surface area contributed by atoms with E-state index in [-0.39, 0.29) is 0 Å². The van der Waals surface area contributed by atoms with Crippen LogP contribution in [0.15, 0.2) is 30.3 Å². The summed E-state index contributed by atoms with van der Waals surface area (Å²) in [5.41, 5.74) is 1.48. The number of benzene rings is 1. The summed E-state index contributed by atoms with van der Waals surface area (Å²) in [6.07, 6.45) is 2.54. The van der Waals surface area contributed by atoms with Gasteiger partial charge in [0.05, 0.1) is 0 Å². The molecule has 0 aliphatic heterocycles. The van der Waals surface area contributed by atoms with Gasteiger partial charge in [-0.1, -0.05) is 44.2 Å². The van der Waals surface area contributed by atoms with E-state index < -0.39 is 9.12 Å². The summed E-state index contributed by atoms with van der Waals surface area (Å²) in [6.45, 7) is 6.95. The summed E-state index contributed by atoms with van der Waals surface area (Å²) in [5.74, 6) is 0. The monoisotopic (exact) mass is 264 g/mol. The Hall–Kier alpha value is -0.643. The van der Waals surface area contributed by atoms with Gasteiger partial charge in [-0.05, 0) is 51.6 Å². The number of hydrogen-bond donors (Lipinski definition) is 0. The van der Waals surface area contributed by atoms with Crippen LogP contribution in [0.4, 0.5) is 0 Å². The highest BCUT2D eigenvalue weighted by atomic mass is 28.3. The molecular weight excluding hydrogens is 236 g/mol. The van der Waals surface area contributed by atoms with Crippen LogP contribution in [0.2, 0.25) is 6.04 Å². The van der Waals surface area contributed by atoms with Crippen molar-refractivity contribution in [3.05, 3.63) is 35.9 Å². The quantitative estimate of drug-likeness (QED) is 0.666. The molecule has 1 aromatic rings. The molecule has 0 spiro atoms. The van der Waals surface area contributed by atoms with E-state index in [0.717, 1.165) is 0 Å². The molecule has 1 rings (SSSR count). The molecule has 1 unspecified atom stereocenters. The summed E-state index contributed by atoms with van der Waals surface area (Å²) in [5, 5.41) is 0. The van der Waals surface area contributed by atoms with E-state index in [9.17, 15) is 0 Å². The zero-order chi connectivity index (χ0) is 13.4. The van der Waals surface area contributed by atoms with E-state index in [2.05, 4.69) is 67.4 Å². The lowest BCUT2D eigenvalue weighted by Gasteiger charge is -2.33. The van der Waals surface area contributed by atoms with Gasteiger partial charge in [-0.2, -0.15) is 0 Å². The normalized spacial score (nSPS) is 13.2. The Balaban J connectivity index is 2.43. The number of rotatable bonds is 8. The van der Waals surface area contributed by atoms with Gasteiger partial charge in [0.15, 0.2) is 9.12 Å². The molecule has 102 valence electrons. The summed E-state index contributed by atoms with van der Waals surface area (Å²) in [7, 11) is 3.60. The second-order valence-electron chi connectivity index (χ2n) is 5.04. The molecule has 1 atom stereocenters. The van der Waals surface area contributed by atoms with Gasteiger partial charge in [0.2, 0.25) is 0 Å². The van der Waals surface area contributed by atoms with E-state index >= 15 is 0 Å². The van der Waals surface area contributed by atoms with Crippen molar-refractivity contribution in [3.63, 3.8) is 0 Å². The molecule has 3 heteroatoms. The highest BCUT2D eigenvalue weighted by molar-refractivity contribution is 6.52. The first-order valence-corrected chi connectivity index (χ1v) is 8.98. The summed E-state index contributed by atoms with van der Waals surface area (Å²) >= 11 is 0. The van der Waals surface area contributed by atoms with E-state index in [1.54, 1.807) is 0 Å². The van der Waals surface area contributed by atoms with Gasteiger partial charge in [0.1, 0.15) is 0 Å². The lowest BCUT2D eigenvalue weighted by Crippen LogP contribution is -2.49. The Bertz CT molecular complexity index is 310. The molecule has 0 radical (unpaired) electrons. The fourth-order valence-electron chi connectivity index (χ4n) is 2.55. The van der Waals surface area contributed by atoms with E-state index in [1.165, 1.54) is 37.5 Å². The van der Waals surface area contributed by atoms with Crippen LogP contribution in [-0.2, 0) is 6.42 Å². The Morgan fingerprint density at radius 2 is 1.61 bits per heavy atom. The average Bonchev–Trinajstić information content (AvgIpc) is 2.39. The van der Waals surface area contributed by atoms with Gasteiger partial charge in [-0.25, -0.2) is 0 Å². The van der Waals surface area contributed by atoms with Crippen LogP contribution < -0.4 is 0 Å². The van der Waals surface area contributed by atoms with Crippen LogP contribution >= 0.6 is 0 Å². The lowest BCUT2D eigenvalue weighted by molar-refractivity contribution is 0.420. The van der Waals surface area contributed by atoms with Crippen LogP contribution in [0, 0.1) is 0 Å². The van der Waals surface area contributed by atoms with Crippen LogP contribution in [0.25, 0.3) is 0 Å². The largest absolute Gasteiger partial charge is 0.320 e. The molecule has 0 saturated heterocycles. The molecule has 0 aromatic heterocycles. The molecule has 0 aliphatic rings. The topological polar surface area (TPSA) is 6.48 Å². The highest BCUT2D eigenvalue weighted by Crippen LogP contribution is 2.10. The number of nitrogens with zero attached hydrogens (tertiary/aromatic N) is 2. The lowest BCUT2D eigenvalue weighted by atomic mass is 10.1. The minimum atomic E-state index is -0.897. The predicted octanol–water partition coefficient (Wildman–Crippen LogP) is 2.74. The van der Waals surface area contributed by atoms with Crippen LogP contribution in [0.3, 0.4) is 0 Å². The molecule has 0 aliphatic carbocycles. The first kappa shape index (κ1) is 15.4. The maximum absolute atomic E-state index is 2.67. The van der Waals surface area contributed by atoms with Crippen molar-refractivity contribution < 1.29 is 0 Å². The molecule has 0 fully saturated rings. The van der Waals surface area contributed by atoms with E-state index in [1.807, 2.05) is 0 Å². The zero-order valence-corrected chi connectivity index (χ0v) is 13.5. The second-order valence-corrected chi connectivity index (χ2v) is 8.34. The van der Waals surface area contributed by atoms with Crippen molar-refractivity contribution in [2.24, 2.45) is 0 Å². The summed E-state index contributed by atoms with van der Waals surface area (Å²) in [6, 6.07) is 12.2. The van der Waals surface area contributed by atoms with Gasteiger partial charge in [0.25, 0.3) is 0 Å². The second kappa shape index (κ2) is 8.46. The van der Waals surface area contributed by atoms with Crippen molar-refractivity contribution in [1.82, 2.24) is 9.13 Å². The number of aryl methyl sites for hydroxylation is 1. The Morgan fingerprint density at radius 3 is 2.11 bits per heavy atom. The molecule has 0 amide bonds. The fourth-order valence-corrected chi connectivity index (χ4v) is 5.49. The van der Waals surface area contributed by atoms with Gasteiger partial charge >= 0.3 is 0 Å². The third-order valence-corrected chi connectivity index (χ3v) is 7.29. The summed E-state index contributed by atoms with van der Waals surface area (Å²) in [4.78, 5) is 0. The van der Waals surface area contributed by atoms with E-state index in [4.69, 9.17) is 0 Å². The Morgan fingerprint density at radius 1 is 1.00 bits per heavy atom. The maximum atomic E-state index is 2.67. The highest BCUT2D eigenvalue weighted by Gasteiger charge is 2.19. The van der Waals surface area contributed by atoms with Crippen LogP contribution in [0.5, 0.6) is 0 Å². The molecule has 1 aromatic carbocycles. The van der Waals surface area contributed by atoms with Crippen molar-refractivity contribution in [1.29, 1.82) is 0 Å². The third kappa shape index (κ3) is 4.92. The molecule has 2 nitrogen and oxygen atoms in total. The summed E-state index contributed by atoms with van der Waals surface area (Å²) < 4.78 is 5.16. The van der Waals surface area contributed by atoms with Crippen molar-refractivity contribution in [3.8, 4) is 0 Å². The first-order chi connectivity index (χ1) is 8.69. The molecular formula is C15H28N2Si. The van der Waals surface area contributed by atoms with E-state index in [0.29, 0.717) is 0 Å².